The Labute approximate surface area is 139 Å². The molecule has 2 atom stereocenters. The van der Waals surface area contributed by atoms with Crippen LogP contribution in [-0.4, -0.2) is 18.1 Å². The predicted molar refractivity (Wildman–Crippen MR) is 86.1 cm³/mol. The van der Waals surface area contributed by atoms with Gasteiger partial charge < -0.3 is 9.47 Å². The van der Waals surface area contributed by atoms with E-state index >= 15 is 0 Å². The summed E-state index contributed by atoms with van der Waals surface area (Å²) in [6.45, 7) is 1.52. The third kappa shape index (κ3) is 2.39. The van der Waals surface area contributed by atoms with Gasteiger partial charge in [-0.3, -0.25) is 9.59 Å². The van der Waals surface area contributed by atoms with Gasteiger partial charge in [0.05, 0.1) is 12.7 Å². The molecule has 1 heterocycles. The van der Waals surface area contributed by atoms with Crippen LogP contribution in [-0.2, 0) is 4.79 Å². The zero-order chi connectivity index (χ0) is 16.6. The summed E-state index contributed by atoms with van der Waals surface area (Å²) in [7, 11) is 1.55. The van der Waals surface area contributed by atoms with Crippen LogP contribution in [0.15, 0.2) is 48.5 Å². The van der Waals surface area contributed by atoms with Gasteiger partial charge in [-0.2, -0.15) is 0 Å². The Morgan fingerprint density at radius 3 is 2.65 bits per heavy atom. The largest absolute Gasteiger partial charge is 0.497 e. The van der Waals surface area contributed by atoms with Crippen molar-refractivity contribution in [1.29, 1.82) is 0 Å². The van der Waals surface area contributed by atoms with Crippen molar-refractivity contribution in [3.63, 3.8) is 0 Å². The number of para-hydroxylation sites is 1. The summed E-state index contributed by atoms with van der Waals surface area (Å²) >= 11 is 5.81. The third-order valence-electron chi connectivity index (χ3n) is 4.18. The second-order valence-electron chi connectivity index (χ2n) is 5.58. The number of hydrogen-bond acceptors (Lipinski definition) is 4. The van der Waals surface area contributed by atoms with Crippen molar-refractivity contribution in [3.8, 4) is 11.5 Å². The fourth-order valence-electron chi connectivity index (χ4n) is 2.80. The van der Waals surface area contributed by atoms with Crippen LogP contribution in [0.5, 0.6) is 11.5 Å². The average Bonchev–Trinajstić information content (AvgIpc) is 2.58. The molecule has 0 amide bonds. The van der Waals surface area contributed by atoms with E-state index in [1.165, 1.54) is 6.92 Å². The molecule has 0 fully saturated rings. The van der Waals surface area contributed by atoms with Crippen LogP contribution in [0, 0.1) is 5.41 Å². The summed E-state index contributed by atoms with van der Waals surface area (Å²) in [5, 5.41) is -0.746. The van der Waals surface area contributed by atoms with Crippen molar-refractivity contribution in [2.45, 2.75) is 13.0 Å². The summed E-state index contributed by atoms with van der Waals surface area (Å²) in [5.41, 5.74) is -0.478. The minimum absolute atomic E-state index is 0.341. The van der Waals surface area contributed by atoms with Crippen molar-refractivity contribution in [3.05, 3.63) is 59.7 Å². The molecule has 0 spiro atoms. The van der Waals surface area contributed by atoms with Gasteiger partial charge in [-0.25, -0.2) is 0 Å². The molecule has 0 N–H and O–H groups in total. The minimum atomic E-state index is -1.50. The number of methoxy groups -OCH3 is 1. The maximum Gasteiger partial charge on any atom is 0.239 e. The molecule has 2 unspecified atom stereocenters. The van der Waals surface area contributed by atoms with Crippen LogP contribution < -0.4 is 9.47 Å². The normalized spacial score (nSPS) is 22.9. The highest BCUT2D eigenvalue weighted by Gasteiger charge is 2.53. The first-order chi connectivity index (χ1) is 11.0. The fraction of sp³-hybridized carbons (Fsp3) is 0.222. The molecule has 1 aliphatic heterocycles. The monoisotopic (exact) mass is 330 g/mol. The lowest BCUT2D eigenvalue weighted by atomic mass is 9.73. The van der Waals surface area contributed by atoms with Gasteiger partial charge in [-0.15, -0.1) is 0 Å². The number of Topliss-reactive ketones (excluding diaryl/α,β-unsaturated/α-hetero) is 1. The van der Waals surface area contributed by atoms with Crippen LogP contribution in [0.1, 0.15) is 28.9 Å². The Bertz CT molecular complexity index is 786. The van der Waals surface area contributed by atoms with Gasteiger partial charge in [-0.05, 0) is 48.4 Å². The lowest BCUT2D eigenvalue weighted by Gasteiger charge is -2.38. The first kappa shape index (κ1) is 15.6. The molecule has 5 heteroatoms. The summed E-state index contributed by atoms with van der Waals surface area (Å²) in [6, 6.07) is 13.9. The molecule has 0 saturated carbocycles. The number of rotatable bonds is 3. The zero-order valence-corrected chi connectivity index (χ0v) is 13.5. The second kappa shape index (κ2) is 5.70. The fourth-order valence-corrected chi connectivity index (χ4v) is 2.98. The molecular formula is C18H15ClO4. The smallest absolute Gasteiger partial charge is 0.239 e. The van der Waals surface area contributed by atoms with Crippen LogP contribution in [0.2, 0.25) is 0 Å². The summed E-state index contributed by atoms with van der Waals surface area (Å²) in [5.74, 6) is 0.717. The molecule has 23 heavy (non-hydrogen) atoms. The molecule has 4 nitrogen and oxygen atoms in total. The Balaban J connectivity index is 2.18. The number of benzene rings is 2. The number of hydrogen-bond donors (Lipinski definition) is 0. The van der Waals surface area contributed by atoms with Gasteiger partial charge in [0.1, 0.15) is 23.0 Å². The van der Waals surface area contributed by atoms with E-state index in [1.807, 2.05) is 0 Å². The molecule has 0 aliphatic carbocycles. The van der Waals surface area contributed by atoms with E-state index in [0.717, 1.165) is 0 Å². The summed E-state index contributed by atoms with van der Waals surface area (Å²) in [4.78, 5) is 25.0. The van der Waals surface area contributed by atoms with Gasteiger partial charge in [0.15, 0.2) is 5.78 Å². The van der Waals surface area contributed by atoms with E-state index in [9.17, 15) is 9.59 Å². The van der Waals surface area contributed by atoms with Gasteiger partial charge in [0, 0.05) is 0 Å². The molecule has 0 aromatic heterocycles. The minimum Gasteiger partial charge on any atom is -0.497 e. The molecule has 118 valence electrons. The molecular weight excluding hydrogens is 316 g/mol. The summed E-state index contributed by atoms with van der Waals surface area (Å²) < 4.78 is 11.2. The van der Waals surface area contributed by atoms with Crippen LogP contribution in [0.3, 0.4) is 0 Å². The van der Waals surface area contributed by atoms with E-state index in [-0.39, 0.29) is 5.78 Å². The van der Waals surface area contributed by atoms with Gasteiger partial charge in [0.2, 0.25) is 5.24 Å². The van der Waals surface area contributed by atoms with Crippen molar-refractivity contribution >= 4 is 22.6 Å². The standard InChI is InChI=1S/C18H15ClO4/c1-18(17(19)21)15(20)13-8-3-4-9-14(13)23-16(18)11-6-5-7-12(10-11)22-2/h3-10,16H,1-2H3. The van der Waals surface area contributed by atoms with Gasteiger partial charge in [-0.1, -0.05) is 24.3 Å². The first-order valence-corrected chi connectivity index (χ1v) is 7.50. The quantitative estimate of drug-likeness (QED) is 0.634. The van der Waals surface area contributed by atoms with E-state index in [0.29, 0.717) is 22.6 Å². The highest BCUT2D eigenvalue weighted by atomic mass is 35.5. The number of ketones is 1. The van der Waals surface area contributed by atoms with Crippen LogP contribution in [0.25, 0.3) is 0 Å². The molecule has 0 radical (unpaired) electrons. The highest BCUT2D eigenvalue weighted by molar-refractivity contribution is 6.67. The maximum atomic E-state index is 12.9. The Hall–Kier alpha value is -2.33. The Morgan fingerprint density at radius 1 is 1.22 bits per heavy atom. The number of carbonyl (C=O) groups is 2. The van der Waals surface area contributed by atoms with E-state index in [1.54, 1.807) is 55.6 Å². The highest BCUT2D eigenvalue weighted by Crippen LogP contribution is 2.48. The predicted octanol–water partition coefficient (Wildman–Crippen LogP) is 3.78. The molecule has 1 aliphatic rings. The zero-order valence-electron chi connectivity index (χ0n) is 12.7. The molecule has 0 saturated heterocycles. The first-order valence-electron chi connectivity index (χ1n) is 7.13. The van der Waals surface area contributed by atoms with Crippen molar-refractivity contribution in [2.24, 2.45) is 5.41 Å². The second-order valence-corrected chi connectivity index (χ2v) is 5.92. The lowest BCUT2D eigenvalue weighted by molar-refractivity contribution is -0.122. The topological polar surface area (TPSA) is 52.6 Å². The van der Waals surface area contributed by atoms with Crippen molar-refractivity contribution in [1.82, 2.24) is 0 Å². The molecule has 0 bridgehead atoms. The number of ether oxygens (including phenoxy) is 2. The molecule has 2 aromatic carbocycles. The molecule has 3 rings (SSSR count). The lowest BCUT2D eigenvalue weighted by Crippen LogP contribution is -2.45. The van der Waals surface area contributed by atoms with E-state index < -0.39 is 16.8 Å². The SMILES string of the molecule is COc1cccc(C2Oc3ccccc3C(=O)C2(C)C(=O)Cl)c1. The Morgan fingerprint density at radius 2 is 1.96 bits per heavy atom. The molecule has 2 aromatic rings. The van der Waals surface area contributed by atoms with Crippen LogP contribution >= 0.6 is 11.6 Å². The average molecular weight is 331 g/mol. The summed E-state index contributed by atoms with van der Waals surface area (Å²) in [6.07, 6.45) is -0.815. The number of carbonyl (C=O) groups excluding carboxylic acids is 2. The Kier molecular flexibility index (Phi) is 3.86. The van der Waals surface area contributed by atoms with E-state index in [4.69, 9.17) is 21.1 Å². The van der Waals surface area contributed by atoms with E-state index in [2.05, 4.69) is 0 Å². The maximum absolute atomic E-state index is 12.9. The third-order valence-corrected chi connectivity index (χ3v) is 4.57. The number of fused-ring (bicyclic) bond motifs is 1. The van der Waals surface area contributed by atoms with Crippen molar-refractivity contribution in [2.75, 3.05) is 7.11 Å². The number of halogens is 1. The van der Waals surface area contributed by atoms with Crippen molar-refractivity contribution < 1.29 is 19.1 Å². The van der Waals surface area contributed by atoms with Gasteiger partial charge in [0.25, 0.3) is 0 Å². The van der Waals surface area contributed by atoms with Crippen LogP contribution in [0.4, 0.5) is 0 Å². The van der Waals surface area contributed by atoms with Gasteiger partial charge >= 0.3 is 0 Å².